The summed E-state index contributed by atoms with van der Waals surface area (Å²) >= 11 is 0. The predicted octanol–water partition coefficient (Wildman–Crippen LogP) is -1.14. The van der Waals surface area contributed by atoms with E-state index >= 15 is 0 Å². The summed E-state index contributed by atoms with van der Waals surface area (Å²) in [5.74, 6) is 0.766. The van der Waals surface area contributed by atoms with Crippen LogP contribution in [0.1, 0.15) is 91.9 Å². The molecule has 11 N–H and O–H groups in total. The number of aliphatic hydroxyl groups is 11. The van der Waals surface area contributed by atoms with Crippen LogP contribution < -0.4 is 0 Å². The minimum Gasteiger partial charge on any atom is -0.394 e. The van der Waals surface area contributed by atoms with Crippen LogP contribution in [0.15, 0.2) is 0 Å². The van der Waals surface area contributed by atoms with Gasteiger partial charge in [0.1, 0.15) is 67.1 Å². The van der Waals surface area contributed by atoms with Crippen LogP contribution in [0.3, 0.4) is 0 Å². The van der Waals surface area contributed by atoms with E-state index in [-0.39, 0.29) is 60.6 Å². The quantitative estimate of drug-likeness (QED) is 0.103. The zero-order valence-electron chi connectivity index (χ0n) is 36.5. The van der Waals surface area contributed by atoms with E-state index in [4.69, 9.17) is 33.2 Å². The third-order valence-electron chi connectivity index (χ3n) is 17.6. The van der Waals surface area contributed by atoms with Crippen LogP contribution in [-0.4, -0.2) is 187 Å². The molecule has 4 saturated heterocycles. The molecule has 8 aliphatic rings. The molecule has 4 aliphatic heterocycles. The maximum absolute atomic E-state index is 12.0. The van der Waals surface area contributed by atoms with Crippen molar-refractivity contribution in [3.05, 3.63) is 0 Å². The molecule has 4 heterocycles. The van der Waals surface area contributed by atoms with Crippen LogP contribution in [0.5, 0.6) is 0 Å². The van der Waals surface area contributed by atoms with E-state index in [0.717, 1.165) is 51.4 Å². The highest BCUT2D eigenvalue weighted by molar-refractivity contribution is 5.15. The lowest BCUT2D eigenvalue weighted by molar-refractivity contribution is -0.331. The summed E-state index contributed by atoms with van der Waals surface area (Å²) in [5.41, 5.74) is 0.124. The Morgan fingerprint density at radius 2 is 1.35 bits per heavy atom. The first kappa shape index (κ1) is 47.8. The maximum atomic E-state index is 12.0. The Morgan fingerprint density at radius 1 is 0.694 bits per heavy atom. The van der Waals surface area contributed by atoms with Gasteiger partial charge in [-0.05, 0) is 104 Å². The van der Waals surface area contributed by atoms with Crippen molar-refractivity contribution in [2.45, 2.75) is 196 Å². The van der Waals surface area contributed by atoms with Crippen molar-refractivity contribution in [1.82, 2.24) is 0 Å². The number of fused-ring (bicyclic) bond motifs is 7. The van der Waals surface area contributed by atoms with Gasteiger partial charge in [-0.1, -0.05) is 27.7 Å². The third-order valence-corrected chi connectivity index (χ3v) is 17.6. The number of hydrogen-bond donors (Lipinski definition) is 11. The summed E-state index contributed by atoms with van der Waals surface area (Å²) in [4.78, 5) is 0. The predicted molar refractivity (Wildman–Crippen MR) is 213 cm³/mol. The lowest BCUT2D eigenvalue weighted by atomic mass is 9.44. The highest BCUT2D eigenvalue weighted by Gasteiger charge is 2.68. The Morgan fingerprint density at radius 3 is 2.08 bits per heavy atom. The summed E-state index contributed by atoms with van der Waals surface area (Å²) in [6.45, 7) is 8.04. The second-order valence-corrected chi connectivity index (χ2v) is 21.1. The van der Waals surface area contributed by atoms with E-state index in [1.807, 2.05) is 6.92 Å². The van der Waals surface area contributed by atoms with Crippen LogP contribution in [0, 0.1) is 52.3 Å². The Labute approximate surface area is 363 Å². The number of ether oxygens (including phenoxy) is 7. The lowest BCUT2D eigenvalue weighted by Crippen LogP contribution is -2.61. The summed E-state index contributed by atoms with van der Waals surface area (Å²) in [5, 5.41) is 115. The topological polar surface area (TPSA) is 287 Å². The van der Waals surface area contributed by atoms with E-state index in [0.29, 0.717) is 36.5 Å². The summed E-state index contributed by atoms with van der Waals surface area (Å²) in [6, 6.07) is 0. The fourth-order valence-electron chi connectivity index (χ4n) is 13.8. The molecule has 8 fully saturated rings. The molecule has 26 atom stereocenters. The Balaban J connectivity index is 0.833. The van der Waals surface area contributed by atoms with Gasteiger partial charge in [-0.15, -0.1) is 0 Å². The van der Waals surface area contributed by atoms with E-state index in [2.05, 4.69) is 20.8 Å². The second-order valence-electron chi connectivity index (χ2n) is 21.1. The number of hydrogen-bond acceptors (Lipinski definition) is 18. The molecular formula is C44H74O18. The molecule has 358 valence electrons. The second kappa shape index (κ2) is 18.4. The summed E-state index contributed by atoms with van der Waals surface area (Å²) in [7, 11) is 0. The highest BCUT2D eigenvalue weighted by atomic mass is 16.7. The number of rotatable bonds is 12. The molecule has 18 heteroatoms. The largest absolute Gasteiger partial charge is 0.394 e. The van der Waals surface area contributed by atoms with Crippen LogP contribution in [0.4, 0.5) is 0 Å². The molecule has 62 heavy (non-hydrogen) atoms. The standard InChI is InChI=1S/C44H74O18/c1-19(16-56-40-37(53)34(50)32(48)28(15-45)60-40)7-12-44(55)20(2)30-27(62-44)14-25-23-6-5-21-13-22(8-10-42(21,3)24(23)9-11-43(25,30)4)59-41-38(54)35(51)33(49)29(61-41)18-58-39-36(52)31(47)26(46)17-57-39/h19-41,45-55H,5-18H2,1-4H3/t19-,20-,21+,22-,23+,24-,25+,26+,27-,28+,29+,30-,31-,32+,33+,34-,35-,36+,37+,38+,39-,40+,41+,42-,43-,44-/m0/s1. The Kier molecular flexibility index (Phi) is 14.2. The first-order chi connectivity index (χ1) is 29.3. The molecule has 0 unspecified atom stereocenters. The van der Waals surface area contributed by atoms with Gasteiger partial charge in [0.25, 0.3) is 0 Å². The van der Waals surface area contributed by atoms with Crippen LogP contribution in [0.2, 0.25) is 0 Å². The van der Waals surface area contributed by atoms with Gasteiger partial charge >= 0.3 is 0 Å². The van der Waals surface area contributed by atoms with Crippen LogP contribution >= 0.6 is 0 Å². The van der Waals surface area contributed by atoms with Crippen LogP contribution in [-0.2, 0) is 33.2 Å². The average molecular weight is 891 g/mol. The smallest absolute Gasteiger partial charge is 0.186 e. The van der Waals surface area contributed by atoms with Gasteiger partial charge in [0, 0.05) is 12.3 Å². The zero-order chi connectivity index (χ0) is 44.6. The normalized spacial score (nSPS) is 55.8. The SMILES string of the molecule is C[C@@H](CC[C@]1(O)O[C@H]2C[C@@H]3[C@@H]4CC[C@@H]5C[C@@H](O[C@@H]6O[C@H](CO[C@@H]7OC[C@@H](O)[C@H](O)[C@H]7O)[C@@H](O)[C@H](O)[C@H]6O)CC[C@]5(C)[C@H]4CC[C@]3(C)[C@H]2[C@@H]1C)CO[C@@H]1O[C@H](CO)[C@@H](O)[C@H](O)[C@H]1O. The average Bonchev–Trinajstić information content (AvgIpc) is 3.69. The highest BCUT2D eigenvalue weighted by Crippen LogP contribution is 2.71. The molecule has 0 aromatic carbocycles. The fourth-order valence-corrected chi connectivity index (χ4v) is 13.8. The lowest BCUT2D eigenvalue weighted by Gasteiger charge is -2.61. The molecule has 0 spiro atoms. The minimum absolute atomic E-state index is 0.0272. The zero-order valence-corrected chi connectivity index (χ0v) is 36.5. The molecule has 0 radical (unpaired) electrons. The van der Waals surface area contributed by atoms with Crippen molar-refractivity contribution in [2.75, 3.05) is 26.4 Å². The molecule has 0 aromatic rings. The van der Waals surface area contributed by atoms with Crippen molar-refractivity contribution in [3.63, 3.8) is 0 Å². The molecule has 18 nitrogen and oxygen atoms in total. The van der Waals surface area contributed by atoms with E-state index in [1.165, 1.54) is 0 Å². The van der Waals surface area contributed by atoms with E-state index in [1.54, 1.807) is 0 Å². The van der Waals surface area contributed by atoms with Gasteiger partial charge in [0.05, 0.1) is 38.6 Å². The molecule has 0 aromatic heterocycles. The monoisotopic (exact) mass is 890 g/mol. The molecule has 0 amide bonds. The first-order valence-corrected chi connectivity index (χ1v) is 23.3. The van der Waals surface area contributed by atoms with E-state index in [9.17, 15) is 56.2 Å². The summed E-state index contributed by atoms with van der Waals surface area (Å²) < 4.78 is 41.2. The Hall–Kier alpha value is -0.720. The van der Waals surface area contributed by atoms with E-state index < -0.39 is 98.4 Å². The van der Waals surface area contributed by atoms with Gasteiger partial charge < -0.3 is 89.3 Å². The first-order valence-electron chi connectivity index (χ1n) is 23.3. The van der Waals surface area contributed by atoms with Gasteiger partial charge in [-0.3, -0.25) is 0 Å². The third kappa shape index (κ3) is 8.46. The van der Waals surface area contributed by atoms with Gasteiger partial charge in [-0.2, -0.15) is 0 Å². The minimum atomic E-state index is -1.57. The van der Waals surface area contributed by atoms with Crippen molar-refractivity contribution in [1.29, 1.82) is 0 Å². The van der Waals surface area contributed by atoms with Gasteiger partial charge in [0.2, 0.25) is 0 Å². The molecule has 4 saturated carbocycles. The maximum Gasteiger partial charge on any atom is 0.186 e. The van der Waals surface area contributed by atoms with Crippen molar-refractivity contribution >= 4 is 0 Å². The van der Waals surface area contributed by atoms with Gasteiger partial charge in [0.15, 0.2) is 24.7 Å². The van der Waals surface area contributed by atoms with Crippen molar-refractivity contribution < 1.29 is 89.3 Å². The molecule has 4 aliphatic carbocycles. The molecule has 0 bridgehead atoms. The van der Waals surface area contributed by atoms with Crippen molar-refractivity contribution in [2.24, 2.45) is 52.3 Å². The van der Waals surface area contributed by atoms with Crippen LogP contribution in [0.25, 0.3) is 0 Å². The van der Waals surface area contributed by atoms with Gasteiger partial charge in [-0.25, -0.2) is 0 Å². The molecular weight excluding hydrogens is 816 g/mol. The summed E-state index contributed by atoms with van der Waals surface area (Å²) in [6.07, 6.45) is -10.7. The Bertz CT molecular complexity index is 1510. The molecule has 8 rings (SSSR count). The number of aliphatic hydroxyl groups excluding tert-OH is 10. The van der Waals surface area contributed by atoms with Crippen molar-refractivity contribution in [3.8, 4) is 0 Å². The fraction of sp³-hybridized carbons (Fsp3) is 1.00.